The zero-order valence-corrected chi connectivity index (χ0v) is 15.8. The molecule has 0 unspecified atom stereocenters. The maximum absolute atomic E-state index is 11.7. The lowest BCUT2D eigenvalue weighted by atomic mass is 10.1. The van der Waals surface area contributed by atoms with Gasteiger partial charge in [-0.3, -0.25) is 25.2 Å². The number of rotatable bonds is 9. The van der Waals surface area contributed by atoms with Gasteiger partial charge in [-0.15, -0.1) is 0 Å². The third-order valence-corrected chi connectivity index (χ3v) is 2.86. The molecule has 11 heteroatoms. The van der Waals surface area contributed by atoms with Gasteiger partial charge in [0.05, 0.1) is 0 Å². The van der Waals surface area contributed by atoms with Crippen molar-refractivity contribution in [2.45, 2.75) is 58.5 Å². The lowest BCUT2D eigenvalue weighted by Gasteiger charge is -2.20. The molecule has 0 saturated carbocycles. The second-order valence-corrected chi connectivity index (χ2v) is 6.62. The van der Waals surface area contributed by atoms with Crippen LogP contribution in [0.2, 0.25) is 0 Å². The van der Waals surface area contributed by atoms with E-state index >= 15 is 0 Å². The number of hydrogen-bond donors (Lipinski definition) is 5. The Morgan fingerprint density at radius 2 is 1.59 bits per heavy atom. The molecule has 0 radical (unpaired) electrons. The first kappa shape index (κ1) is 24.1. The van der Waals surface area contributed by atoms with Crippen LogP contribution >= 0.6 is 0 Å². The molecule has 0 aromatic heterocycles. The smallest absolute Gasteiger partial charge is 0.414 e. The molecule has 0 aromatic rings. The molecule has 0 saturated heterocycles. The van der Waals surface area contributed by atoms with Gasteiger partial charge in [0.15, 0.2) is 0 Å². The highest BCUT2D eigenvalue weighted by molar-refractivity contribution is 6.00. The molecule has 0 aliphatic heterocycles. The van der Waals surface area contributed by atoms with Gasteiger partial charge in [-0.05, 0) is 33.6 Å². The molecule has 0 atom stereocenters. The largest absolute Gasteiger partial charge is 0.480 e. The number of ether oxygens (including phenoxy) is 1. The monoisotopic (exact) mass is 388 g/mol. The van der Waals surface area contributed by atoms with Crippen LogP contribution in [-0.2, 0) is 14.3 Å². The lowest BCUT2D eigenvalue weighted by Crippen LogP contribution is -2.45. The van der Waals surface area contributed by atoms with E-state index in [1.165, 1.54) is 0 Å². The molecule has 0 aromatic carbocycles. The second-order valence-electron chi connectivity index (χ2n) is 6.62. The van der Waals surface area contributed by atoms with Crippen molar-refractivity contribution in [1.82, 2.24) is 16.0 Å². The van der Waals surface area contributed by atoms with Gasteiger partial charge in [-0.2, -0.15) is 0 Å². The highest BCUT2D eigenvalue weighted by Crippen LogP contribution is 2.06. The first-order valence-electron chi connectivity index (χ1n) is 8.52. The van der Waals surface area contributed by atoms with Gasteiger partial charge in [0.2, 0.25) is 11.9 Å². The maximum atomic E-state index is 11.7. The number of hydrogen-bond acceptors (Lipinski definition) is 6. The number of carbonyl (C=O) groups is 4. The summed E-state index contributed by atoms with van der Waals surface area (Å²) in [5.74, 6) is -1.62. The van der Waals surface area contributed by atoms with Crippen LogP contribution < -0.4 is 16.0 Å². The summed E-state index contributed by atoms with van der Waals surface area (Å²) in [4.78, 5) is 48.0. The minimum Gasteiger partial charge on any atom is -0.480 e. The lowest BCUT2D eigenvalue weighted by molar-refractivity contribution is -0.137. The number of carboxylic acids is 1. The van der Waals surface area contributed by atoms with Crippen molar-refractivity contribution in [1.29, 1.82) is 0 Å². The van der Waals surface area contributed by atoms with Crippen LogP contribution in [0.5, 0.6) is 0 Å². The molecular formula is C16H28N4O7. The molecule has 0 bridgehead atoms. The predicted octanol–water partition coefficient (Wildman–Crippen LogP) is 1.29. The molecule has 0 spiro atoms. The van der Waals surface area contributed by atoms with Crippen molar-refractivity contribution >= 4 is 30.0 Å². The van der Waals surface area contributed by atoms with Crippen LogP contribution in [0, 0.1) is 0 Å². The van der Waals surface area contributed by atoms with E-state index in [2.05, 4.69) is 15.6 Å². The van der Waals surface area contributed by atoms with Crippen molar-refractivity contribution in [3.8, 4) is 0 Å². The van der Waals surface area contributed by atoms with Crippen molar-refractivity contribution < 1.29 is 34.1 Å². The molecule has 0 fully saturated rings. The Morgan fingerprint density at radius 1 is 0.963 bits per heavy atom. The molecule has 11 nitrogen and oxygen atoms in total. The Morgan fingerprint density at radius 3 is 2.15 bits per heavy atom. The van der Waals surface area contributed by atoms with E-state index in [4.69, 9.17) is 14.9 Å². The number of nitrogens with zero attached hydrogens (tertiary/aromatic N) is 1. The molecule has 5 N–H and O–H groups in total. The summed E-state index contributed by atoms with van der Waals surface area (Å²) < 4.78 is 5.03. The van der Waals surface area contributed by atoms with Gasteiger partial charge in [-0.25, -0.2) is 9.59 Å². The zero-order chi connectivity index (χ0) is 20.9. The van der Waals surface area contributed by atoms with Crippen molar-refractivity contribution in [3.63, 3.8) is 0 Å². The molecule has 27 heavy (non-hydrogen) atoms. The number of aliphatic carboxylic acids is 1. The van der Waals surface area contributed by atoms with Gasteiger partial charge in [0, 0.05) is 13.0 Å². The van der Waals surface area contributed by atoms with Gasteiger partial charge in [-0.1, -0.05) is 12.8 Å². The number of nitrogens with one attached hydrogen (secondary N) is 3. The highest BCUT2D eigenvalue weighted by Gasteiger charge is 2.18. The molecule has 0 aliphatic rings. The van der Waals surface area contributed by atoms with Crippen LogP contribution in [-0.4, -0.2) is 58.9 Å². The van der Waals surface area contributed by atoms with E-state index in [9.17, 15) is 19.2 Å². The topological polar surface area (TPSA) is 166 Å². The van der Waals surface area contributed by atoms with Gasteiger partial charge in [0.25, 0.3) is 0 Å². The van der Waals surface area contributed by atoms with Crippen molar-refractivity contribution in [2.24, 2.45) is 4.99 Å². The number of guanidine groups is 1. The zero-order valence-electron chi connectivity index (χ0n) is 15.8. The van der Waals surface area contributed by atoms with Crippen LogP contribution in [0.4, 0.5) is 9.59 Å². The normalized spacial score (nSPS) is 11.4. The minimum absolute atomic E-state index is 0.218. The fourth-order valence-electron chi connectivity index (χ4n) is 1.82. The summed E-state index contributed by atoms with van der Waals surface area (Å²) >= 11 is 0. The van der Waals surface area contributed by atoms with E-state index in [1.807, 2.05) is 5.32 Å². The summed E-state index contributed by atoms with van der Waals surface area (Å²) in [7, 11) is 0. The number of alkyl carbamates (subject to hydrolysis) is 1. The fraction of sp³-hybridized carbons (Fsp3) is 0.688. The van der Waals surface area contributed by atoms with Crippen molar-refractivity contribution in [3.05, 3.63) is 0 Å². The summed E-state index contributed by atoms with van der Waals surface area (Å²) in [5, 5.41) is 23.7. The quantitative estimate of drug-likeness (QED) is 0.225. The van der Waals surface area contributed by atoms with Crippen LogP contribution in [0.25, 0.3) is 0 Å². The van der Waals surface area contributed by atoms with E-state index in [0.29, 0.717) is 12.8 Å². The molecule has 3 amide bonds. The average Bonchev–Trinajstić information content (AvgIpc) is 2.49. The first-order chi connectivity index (χ1) is 12.5. The average molecular weight is 388 g/mol. The summed E-state index contributed by atoms with van der Waals surface area (Å²) in [5.41, 5.74) is -0.727. The van der Waals surface area contributed by atoms with Crippen LogP contribution in [0.15, 0.2) is 4.99 Å². The summed E-state index contributed by atoms with van der Waals surface area (Å²) in [6.07, 6.45) is 0.755. The Labute approximate surface area is 157 Å². The minimum atomic E-state index is -1.36. The van der Waals surface area contributed by atoms with E-state index in [1.54, 1.807) is 20.8 Å². The fourth-order valence-corrected chi connectivity index (χ4v) is 1.82. The molecule has 0 aliphatic carbocycles. The first-order valence-corrected chi connectivity index (χ1v) is 8.52. The summed E-state index contributed by atoms with van der Waals surface area (Å²) in [6, 6.07) is 0. The molecule has 0 heterocycles. The van der Waals surface area contributed by atoms with E-state index in [-0.39, 0.29) is 24.8 Å². The highest BCUT2D eigenvalue weighted by atomic mass is 16.6. The van der Waals surface area contributed by atoms with Gasteiger partial charge < -0.3 is 20.3 Å². The SMILES string of the molecule is CC(C)(C)OC(=O)NC(=NCCCCCCC(=O)NCC(=O)O)NC(=O)O. The van der Waals surface area contributed by atoms with E-state index < -0.39 is 30.3 Å². The van der Waals surface area contributed by atoms with Gasteiger partial charge >= 0.3 is 18.2 Å². The molecular weight excluding hydrogens is 360 g/mol. The number of aliphatic imine (C=N–C) groups is 1. The Kier molecular flexibility index (Phi) is 11.2. The van der Waals surface area contributed by atoms with Crippen LogP contribution in [0.3, 0.4) is 0 Å². The Bertz CT molecular complexity index is 555. The standard InChI is InChI=1S/C16H28N4O7/c1-16(2,3)27-15(26)20-13(19-14(24)25)17-9-7-5-4-6-8-11(21)18-10-12(22)23/h4-10H2,1-3H3,(H,18,21)(H,22,23)(H,24,25)(H2,17,19,20,26). The van der Waals surface area contributed by atoms with E-state index in [0.717, 1.165) is 12.8 Å². The predicted molar refractivity (Wildman–Crippen MR) is 96.6 cm³/mol. The maximum Gasteiger partial charge on any atom is 0.414 e. The number of unbranched alkanes of at least 4 members (excludes halogenated alkanes) is 3. The Hall–Kier alpha value is -2.85. The number of amides is 3. The number of carbonyl (C=O) groups excluding carboxylic acids is 2. The van der Waals surface area contributed by atoms with Crippen molar-refractivity contribution in [2.75, 3.05) is 13.1 Å². The molecule has 154 valence electrons. The summed E-state index contributed by atoms with van der Waals surface area (Å²) in [6.45, 7) is 4.91. The Balaban J connectivity index is 4.13. The van der Waals surface area contributed by atoms with Crippen LogP contribution in [0.1, 0.15) is 52.9 Å². The second kappa shape index (κ2) is 12.5. The number of carboxylic acid groups (broad SMARTS) is 2. The van der Waals surface area contributed by atoms with Gasteiger partial charge in [0.1, 0.15) is 12.1 Å². The third kappa shape index (κ3) is 16.4. The molecule has 0 rings (SSSR count). The third-order valence-electron chi connectivity index (χ3n) is 2.86.